The number of hydrogen-bond acceptors (Lipinski definition) is 3. The van der Waals surface area contributed by atoms with Gasteiger partial charge in [0.15, 0.2) is 0 Å². The van der Waals surface area contributed by atoms with Crippen molar-refractivity contribution in [2.45, 2.75) is 39.7 Å². The van der Waals surface area contributed by atoms with Crippen LogP contribution in [0.1, 0.15) is 43.9 Å². The van der Waals surface area contributed by atoms with Gasteiger partial charge < -0.3 is 10.1 Å². The van der Waals surface area contributed by atoms with Crippen LogP contribution in [0.3, 0.4) is 0 Å². The van der Waals surface area contributed by atoms with Crippen LogP contribution in [0.5, 0.6) is 5.75 Å². The predicted octanol–water partition coefficient (Wildman–Crippen LogP) is 4.19. The number of rotatable bonds is 9. The van der Waals surface area contributed by atoms with E-state index in [1.807, 2.05) is 11.8 Å². The van der Waals surface area contributed by atoms with E-state index in [0.717, 1.165) is 37.5 Å². The highest BCUT2D eigenvalue weighted by molar-refractivity contribution is 7.98. The minimum atomic E-state index is 0.343. The van der Waals surface area contributed by atoms with Crippen molar-refractivity contribution in [1.82, 2.24) is 5.32 Å². The molecule has 0 heterocycles. The highest BCUT2D eigenvalue weighted by Crippen LogP contribution is 2.26. The van der Waals surface area contributed by atoms with Crippen molar-refractivity contribution in [3.63, 3.8) is 0 Å². The maximum atomic E-state index is 5.94. The first kappa shape index (κ1) is 16.4. The number of ether oxygens (including phenoxy) is 1. The smallest absolute Gasteiger partial charge is 0.124 e. The Labute approximate surface area is 122 Å². The van der Waals surface area contributed by atoms with Gasteiger partial charge in [0.25, 0.3) is 0 Å². The lowest BCUT2D eigenvalue weighted by Gasteiger charge is -2.19. The van der Waals surface area contributed by atoms with Gasteiger partial charge in [0.2, 0.25) is 0 Å². The maximum absolute atomic E-state index is 5.94. The fourth-order valence-corrected chi connectivity index (χ4v) is 2.40. The zero-order chi connectivity index (χ0) is 14.1. The van der Waals surface area contributed by atoms with Gasteiger partial charge in [-0.25, -0.2) is 0 Å². The molecule has 108 valence electrons. The van der Waals surface area contributed by atoms with Crippen LogP contribution in [0, 0.1) is 6.92 Å². The van der Waals surface area contributed by atoms with Gasteiger partial charge in [0.05, 0.1) is 6.61 Å². The third kappa shape index (κ3) is 5.87. The minimum absolute atomic E-state index is 0.343. The van der Waals surface area contributed by atoms with E-state index < -0.39 is 0 Å². The van der Waals surface area contributed by atoms with Crippen LogP contribution in [-0.2, 0) is 0 Å². The number of nitrogens with one attached hydrogen (secondary N) is 1. The van der Waals surface area contributed by atoms with Crippen LogP contribution < -0.4 is 10.1 Å². The highest BCUT2D eigenvalue weighted by atomic mass is 32.2. The number of benzene rings is 1. The third-order valence-corrected chi connectivity index (χ3v) is 3.78. The van der Waals surface area contributed by atoms with Gasteiger partial charge in [-0.15, -0.1) is 0 Å². The minimum Gasteiger partial charge on any atom is -0.493 e. The summed E-state index contributed by atoms with van der Waals surface area (Å²) in [7, 11) is 0. The average molecular weight is 281 g/mol. The Morgan fingerprint density at radius 2 is 2.16 bits per heavy atom. The zero-order valence-electron chi connectivity index (χ0n) is 12.7. The van der Waals surface area contributed by atoms with E-state index in [1.165, 1.54) is 11.1 Å². The van der Waals surface area contributed by atoms with E-state index in [4.69, 9.17) is 4.74 Å². The van der Waals surface area contributed by atoms with Crippen LogP contribution in [-0.4, -0.2) is 25.2 Å². The lowest BCUT2D eigenvalue weighted by atomic mass is 10.0. The molecule has 2 nitrogen and oxygen atoms in total. The second-order valence-corrected chi connectivity index (χ2v) is 5.90. The van der Waals surface area contributed by atoms with Crippen LogP contribution >= 0.6 is 11.8 Å². The third-order valence-electron chi connectivity index (χ3n) is 3.08. The number of aryl methyl sites for hydroxylation is 1. The lowest BCUT2D eigenvalue weighted by Crippen LogP contribution is -2.20. The van der Waals surface area contributed by atoms with E-state index in [1.54, 1.807) is 0 Å². The fourth-order valence-electron chi connectivity index (χ4n) is 1.99. The van der Waals surface area contributed by atoms with E-state index in [-0.39, 0.29) is 0 Å². The standard InChI is InChI=1S/C16H27NOS/c1-5-9-17-14(3)15-12-13(2)7-8-16(15)18-10-6-11-19-4/h7-8,12,14,17H,5-6,9-11H2,1-4H3. The second-order valence-electron chi connectivity index (χ2n) is 4.91. The summed E-state index contributed by atoms with van der Waals surface area (Å²) in [6.07, 6.45) is 4.39. The Balaban J connectivity index is 2.67. The first-order valence-corrected chi connectivity index (χ1v) is 8.54. The van der Waals surface area contributed by atoms with E-state index in [0.29, 0.717) is 6.04 Å². The Morgan fingerprint density at radius 1 is 1.37 bits per heavy atom. The van der Waals surface area contributed by atoms with Crippen molar-refractivity contribution in [1.29, 1.82) is 0 Å². The zero-order valence-corrected chi connectivity index (χ0v) is 13.5. The summed E-state index contributed by atoms with van der Waals surface area (Å²) in [6, 6.07) is 6.81. The Hall–Kier alpha value is -0.670. The molecule has 0 saturated carbocycles. The van der Waals surface area contributed by atoms with E-state index in [2.05, 4.69) is 50.5 Å². The lowest BCUT2D eigenvalue weighted by molar-refractivity contribution is 0.312. The highest BCUT2D eigenvalue weighted by Gasteiger charge is 2.11. The Kier molecular flexibility index (Phi) is 7.99. The molecule has 0 aliphatic carbocycles. The van der Waals surface area contributed by atoms with Crippen molar-refractivity contribution in [3.8, 4) is 5.75 Å². The van der Waals surface area contributed by atoms with Crippen molar-refractivity contribution < 1.29 is 4.74 Å². The molecule has 0 aliphatic rings. The van der Waals surface area contributed by atoms with Gasteiger partial charge in [-0.1, -0.05) is 24.6 Å². The second kappa shape index (κ2) is 9.27. The van der Waals surface area contributed by atoms with Crippen molar-refractivity contribution in [2.75, 3.05) is 25.2 Å². The molecule has 0 fully saturated rings. The Morgan fingerprint density at radius 3 is 2.84 bits per heavy atom. The van der Waals surface area contributed by atoms with Crippen LogP contribution in [0.4, 0.5) is 0 Å². The topological polar surface area (TPSA) is 21.3 Å². The van der Waals surface area contributed by atoms with Crippen LogP contribution in [0.25, 0.3) is 0 Å². The molecule has 0 radical (unpaired) electrons. The van der Waals surface area contributed by atoms with Gasteiger partial charge in [-0.3, -0.25) is 0 Å². The van der Waals surface area contributed by atoms with Crippen molar-refractivity contribution in [2.24, 2.45) is 0 Å². The maximum Gasteiger partial charge on any atom is 0.124 e. The van der Waals surface area contributed by atoms with Gasteiger partial charge in [0.1, 0.15) is 5.75 Å². The molecule has 0 bridgehead atoms. The summed E-state index contributed by atoms with van der Waals surface area (Å²) >= 11 is 1.87. The predicted molar refractivity (Wildman–Crippen MR) is 86.4 cm³/mol. The fraction of sp³-hybridized carbons (Fsp3) is 0.625. The monoisotopic (exact) mass is 281 g/mol. The molecular weight excluding hydrogens is 254 g/mol. The molecule has 1 N–H and O–H groups in total. The Bertz CT molecular complexity index is 368. The molecule has 1 atom stereocenters. The summed E-state index contributed by atoms with van der Waals surface area (Å²) in [4.78, 5) is 0. The van der Waals surface area contributed by atoms with Crippen LogP contribution in [0.15, 0.2) is 18.2 Å². The molecule has 0 aromatic heterocycles. The molecule has 0 amide bonds. The van der Waals surface area contributed by atoms with Crippen molar-refractivity contribution in [3.05, 3.63) is 29.3 Å². The van der Waals surface area contributed by atoms with Crippen LogP contribution in [0.2, 0.25) is 0 Å². The molecule has 3 heteroatoms. The van der Waals surface area contributed by atoms with E-state index >= 15 is 0 Å². The summed E-state index contributed by atoms with van der Waals surface area (Å²) in [5.74, 6) is 2.19. The molecular formula is C16H27NOS. The van der Waals surface area contributed by atoms with Gasteiger partial charge in [-0.2, -0.15) is 11.8 Å². The average Bonchev–Trinajstić information content (AvgIpc) is 2.42. The SMILES string of the molecule is CCCNC(C)c1cc(C)ccc1OCCCSC. The first-order chi connectivity index (χ1) is 9.19. The first-order valence-electron chi connectivity index (χ1n) is 7.14. The molecule has 1 aromatic rings. The molecule has 1 aromatic carbocycles. The molecule has 19 heavy (non-hydrogen) atoms. The quantitative estimate of drug-likeness (QED) is 0.686. The van der Waals surface area contributed by atoms with Gasteiger partial charge in [-0.05, 0) is 51.3 Å². The largest absolute Gasteiger partial charge is 0.493 e. The normalized spacial score (nSPS) is 12.4. The van der Waals surface area contributed by atoms with Gasteiger partial charge in [0, 0.05) is 11.6 Å². The summed E-state index contributed by atoms with van der Waals surface area (Å²) in [6.45, 7) is 8.38. The molecule has 0 spiro atoms. The molecule has 1 unspecified atom stereocenters. The number of hydrogen-bond donors (Lipinski definition) is 1. The molecule has 0 aliphatic heterocycles. The summed E-state index contributed by atoms with van der Waals surface area (Å²) in [5, 5.41) is 3.53. The molecule has 1 rings (SSSR count). The molecule has 0 saturated heterocycles. The van der Waals surface area contributed by atoms with Crippen molar-refractivity contribution >= 4 is 11.8 Å². The van der Waals surface area contributed by atoms with E-state index in [9.17, 15) is 0 Å². The summed E-state index contributed by atoms with van der Waals surface area (Å²) in [5.41, 5.74) is 2.56. The van der Waals surface area contributed by atoms with Gasteiger partial charge >= 0.3 is 0 Å². The summed E-state index contributed by atoms with van der Waals surface area (Å²) < 4.78 is 5.94. The number of thioether (sulfide) groups is 1.